The average molecular weight is 512 g/mol. The number of hydrogen-bond donors (Lipinski definition) is 0. The lowest BCUT2D eigenvalue weighted by Crippen LogP contribution is -2.32. The van der Waals surface area contributed by atoms with E-state index in [2.05, 4.69) is 137 Å². The van der Waals surface area contributed by atoms with E-state index in [1.807, 2.05) is 0 Å². The number of furan rings is 1. The third-order valence-electron chi connectivity index (χ3n) is 7.80. The predicted molar refractivity (Wildman–Crippen MR) is 162 cm³/mol. The fourth-order valence-corrected chi connectivity index (χ4v) is 5.54. The smallest absolute Gasteiger partial charge is 0.227 e. The van der Waals surface area contributed by atoms with Crippen LogP contribution in [0.4, 0.5) is 0 Å². The highest BCUT2D eigenvalue weighted by atomic mass is 16.3. The first-order valence-electron chi connectivity index (χ1n) is 13.8. The van der Waals surface area contributed by atoms with E-state index in [1.54, 1.807) is 0 Å². The molecule has 6 aromatic rings. The maximum absolute atomic E-state index is 6.58. The summed E-state index contributed by atoms with van der Waals surface area (Å²) < 4.78 is 8.84. The van der Waals surface area contributed by atoms with Gasteiger partial charge in [0.2, 0.25) is 11.4 Å². The maximum Gasteiger partial charge on any atom is 0.227 e. The van der Waals surface area contributed by atoms with E-state index in [-0.39, 0.29) is 0 Å². The molecule has 0 aliphatic rings. The molecule has 3 heterocycles. The van der Waals surface area contributed by atoms with Gasteiger partial charge >= 0.3 is 0 Å². The predicted octanol–water partition coefficient (Wildman–Crippen LogP) is 9.36. The minimum Gasteiger partial charge on any atom is -0.437 e. The van der Waals surface area contributed by atoms with Crippen LogP contribution in [-0.2, 0) is 7.05 Å². The highest BCUT2D eigenvalue weighted by molar-refractivity contribution is 6.09. The Kier molecular flexibility index (Phi) is 6.31. The van der Waals surface area contributed by atoms with Crippen molar-refractivity contribution in [2.24, 2.45) is 7.05 Å². The maximum atomic E-state index is 6.58. The highest BCUT2D eigenvalue weighted by Gasteiger charge is 2.26. The van der Waals surface area contributed by atoms with Gasteiger partial charge in [0.25, 0.3) is 0 Å². The zero-order valence-electron chi connectivity index (χ0n) is 23.6. The normalized spacial score (nSPS) is 11.8. The molecule has 0 unspecified atom stereocenters. The van der Waals surface area contributed by atoms with E-state index in [0.717, 1.165) is 33.3 Å². The van der Waals surface area contributed by atoms with Crippen molar-refractivity contribution in [2.45, 2.75) is 46.5 Å². The second-order valence-corrected chi connectivity index (χ2v) is 11.2. The molecule has 194 valence electrons. The molecule has 3 heteroatoms. The van der Waals surface area contributed by atoms with Gasteiger partial charge in [0.15, 0.2) is 11.8 Å². The molecule has 0 spiro atoms. The summed E-state index contributed by atoms with van der Waals surface area (Å²) >= 11 is 0. The van der Waals surface area contributed by atoms with Crippen molar-refractivity contribution in [2.75, 3.05) is 0 Å². The van der Waals surface area contributed by atoms with Crippen molar-refractivity contribution >= 4 is 22.1 Å². The van der Waals surface area contributed by atoms with Gasteiger partial charge in [0.1, 0.15) is 7.05 Å². The van der Waals surface area contributed by atoms with Crippen LogP contribution in [0.1, 0.15) is 56.4 Å². The van der Waals surface area contributed by atoms with Crippen LogP contribution in [0.5, 0.6) is 0 Å². The summed E-state index contributed by atoms with van der Waals surface area (Å²) in [6.07, 6.45) is 2.24. The molecule has 39 heavy (non-hydrogen) atoms. The van der Waals surface area contributed by atoms with Crippen LogP contribution in [0.2, 0.25) is 0 Å². The number of nitrogens with zero attached hydrogens (tertiary/aromatic N) is 2. The lowest BCUT2D eigenvalue weighted by molar-refractivity contribution is -0.659. The Morgan fingerprint density at radius 1 is 0.718 bits per heavy atom. The summed E-state index contributed by atoms with van der Waals surface area (Å²) in [5, 5.41) is 2.15. The molecule has 0 fully saturated rings. The minimum atomic E-state index is 0.341. The Morgan fingerprint density at radius 3 is 2.13 bits per heavy atom. The molecule has 0 bridgehead atoms. The Morgan fingerprint density at radius 2 is 1.44 bits per heavy atom. The summed E-state index contributed by atoms with van der Waals surface area (Å²) in [7, 11) is 2.14. The van der Waals surface area contributed by atoms with Gasteiger partial charge in [-0.15, -0.1) is 0 Å². The summed E-state index contributed by atoms with van der Waals surface area (Å²) in [6, 6.07) is 30.6. The van der Waals surface area contributed by atoms with Crippen molar-refractivity contribution in [3.63, 3.8) is 0 Å². The molecule has 0 radical (unpaired) electrons. The van der Waals surface area contributed by atoms with Gasteiger partial charge in [-0.25, -0.2) is 4.98 Å². The van der Waals surface area contributed by atoms with Crippen LogP contribution < -0.4 is 4.57 Å². The Hall–Kier alpha value is -4.24. The van der Waals surface area contributed by atoms with E-state index in [1.165, 1.54) is 33.4 Å². The number of hydrogen-bond acceptors (Lipinski definition) is 2. The molecule has 3 aromatic carbocycles. The number of aryl methyl sites for hydroxylation is 2. The summed E-state index contributed by atoms with van der Waals surface area (Å²) in [4.78, 5) is 4.88. The number of fused-ring (bicyclic) bond motifs is 3. The molecule has 0 atom stereocenters. The standard InChI is InChI=1S/C36H35N2O/c1-22(2)25-13-15-26(16-14-25)28-20-31(27-10-8-7-9-11-27)34(38(6)21-28)33-24(5)12-17-29-30-18-19-32(23(3)4)37-36(30)39-35(29)33/h7-23H,1-6H3/q+1. The van der Waals surface area contributed by atoms with E-state index in [9.17, 15) is 0 Å². The Labute approximate surface area is 230 Å². The topological polar surface area (TPSA) is 29.9 Å². The van der Waals surface area contributed by atoms with Gasteiger partial charge in [-0.3, -0.25) is 0 Å². The van der Waals surface area contributed by atoms with E-state index in [4.69, 9.17) is 9.40 Å². The molecular weight excluding hydrogens is 476 g/mol. The number of aromatic nitrogens is 2. The van der Waals surface area contributed by atoms with Gasteiger partial charge in [0, 0.05) is 22.0 Å². The van der Waals surface area contributed by atoms with E-state index in [0.29, 0.717) is 17.5 Å². The molecule has 0 amide bonds. The van der Waals surface area contributed by atoms with Crippen molar-refractivity contribution < 1.29 is 8.98 Å². The number of benzene rings is 3. The van der Waals surface area contributed by atoms with Gasteiger partial charge in [-0.2, -0.15) is 4.57 Å². The van der Waals surface area contributed by atoms with Crippen LogP contribution in [0.3, 0.4) is 0 Å². The second kappa shape index (κ2) is 9.81. The van der Waals surface area contributed by atoms with Gasteiger partial charge < -0.3 is 4.42 Å². The molecule has 0 aliphatic carbocycles. The number of rotatable bonds is 5. The van der Waals surface area contributed by atoms with E-state index < -0.39 is 0 Å². The van der Waals surface area contributed by atoms with Crippen molar-refractivity contribution in [3.05, 3.63) is 108 Å². The fourth-order valence-electron chi connectivity index (χ4n) is 5.54. The molecule has 3 aromatic heterocycles. The minimum absolute atomic E-state index is 0.341. The first-order chi connectivity index (χ1) is 18.8. The zero-order chi connectivity index (χ0) is 27.3. The largest absolute Gasteiger partial charge is 0.437 e. The Bertz CT molecular complexity index is 1810. The fraction of sp³-hybridized carbons (Fsp3) is 0.222. The molecule has 6 rings (SSSR count). The molecule has 0 saturated carbocycles. The van der Waals surface area contributed by atoms with E-state index >= 15 is 0 Å². The SMILES string of the molecule is Cc1ccc2c(oc3nc(C(C)C)ccc32)c1-c1c(-c2ccccc2)cc(-c2ccc(C(C)C)cc2)c[n+]1C. The van der Waals surface area contributed by atoms with Crippen LogP contribution in [-0.4, -0.2) is 4.98 Å². The molecule has 3 nitrogen and oxygen atoms in total. The molecule has 0 N–H and O–H groups in total. The highest BCUT2D eigenvalue weighted by Crippen LogP contribution is 2.41. The summed E-state index contributed by atoms with van der Waals surface area (Å²) in [6.45, 7) is 11.0. The first-order valence-corrected chi connectivity index (χ1v) is 13.8. The molecular formula is C36H35N2O+. The number of pyridine rings is 2. The van der Waals surface area contributed by atoms with Crippen molar-refractivity contribution in [1.29, 1.82) is 0 Å². The third kappa shape index (κ3) is 4.42. The molecule has 0 aliphatic heterocycles. The first kappa shape index (κ1) is 25.1. The van der Waals surface area contributed by atoms with Gasteiger partial charge in [-0.05, 0) is 59.2 Å². The quantitative estimate of drug-likeness (QED) is 0.216. The van der Waals surface area contributed by atoms with Gasteiger partial charge in [-0.1, -0.05) is 94.4 Å². The van der Waals surface area contributed by atoms with Crippen LogP contribution in [0.15, 0.2) is 95.5 Å². The average Bonchev–Trinajstić information content (AvgIpc) is 3.31. The summed E-state index contributed by atoms with van der Waals surface area (Å²) in [5.41, 5.74) is 12.2. The lowest BCUT2D eigenvalue weighted by atomic mass is 9.92. The Balaban J connectivity index is 1.63. The van der Waals surface area contributed by atoms with Crippen LogP contribution in [0.25, 0.3) is 55.6 Å². The lowest BCUT2D eigenvalue weighted by Gasteiger charge is -2.13. The molecule has 0 saturated heterocycles. The van der Waals surface area contributed by atoms with Crippen LogP contribution >= 0.6 is 0 Å². The third-order valence-corrected chi connectivity index (χ3v) is 7.80. The van der Waals surface area contributed by atoms with Crippen LogP contribution in [0, 0.1) is 6.92 Å². The zero-order valence-corrected chi connectivity index (χ0v) is 23.6. The van der Waals surface area contributed by atoms with Crippen molar-refractivity contribution in [3.8, 4) is 33.5 Å². The van der Waals surface area contributed by atoms with Crippen molar-refractivity contribution in [1.82, 2.24) is 4.98 Å². The second-order valence-electron chi connectivity index (χ2n) is 11.2. The summed E-state index contributed by atoms with van der Waals surface area (Å²) in [5.74, 6) is 0.851. The monoisotopic (exact) mass is 511 g/mol. The van der Waals surface area contributed by atoms with Gasteiger partial charge in [0.05, 0.1) is 11.1 Å².